The van der Waals surface area contributed by atoms with Gasteiger partial charge in [-0.2, -0.15) is 0 Å². The first-order valence-electron chi connectivity index (χ1n) is 7.88. The molecule has 0 unspecified atom stereocenters. The Morgan fingerprint density at radius 2 is 2.19 bits per heavy atom. The molecule has 0 atom stereocenters. The number of nitrogens with zero attached hydrogens (tertiary/aromatic N) is 2. The van der Waals surface area contributed by atoms with Crippen molar-refractivity contribution in [3.05, 3.63) is 36.7 Å². The van der Waals surface area contributed by atoms with Crippen LogP contribution in [-0.2, 0) is 11.3 Å². The van der Waals surface area contributed by atoms with E-state index >= 15 is 0 Å². The molecule has 0 saturated carbocycles. The lowest BCUT2D eigenvalue weighted by Gasteiger charge is -2.08. The third-order valence-corrected chi connectivity index (χ3v) is 3.86. The highest BCUT2D eigenvalue weighted by Crippen LogP contribution is 2.23. The molecule has 2 rings (SSSR count). The number of fused-ring (bicyclic) bond motifs is 1. The van der Waals surface area contributed by atoms with Crippen LogP contribution in [0.3, 0.4) is 0 Å². The number of methoxy groups -OCH3 is 1. The second-order valence-electron chi connectivity index (χ2n) is 5.54. The van der Waals surface area contributed by atoms with Crippen LogP contribution >= 0.6 is 0 Å². The highest BCUT2D eigenvalue weighted by atomic mass is 16.5. The molecule has 0 N–H and O–H groups in total. The number of pyridine rings is 1. The smallest absolute Gasteiger partial charge is 0.0881 e. The fourth-order valence-corrected chi connectivity index (χ4v) is 2.56. The molecule has 0 aliphatic heterocycles. The first-order chi connectivity index (χ1) is 10.3. The molecule has 3 nitrogen and oxygen atoms in total. The molecular weight excluding hydrogens is 260 g/mol. The van der Waals surface area contributed by atoms with Crippen LogP contribution in [0.25, 0.3) is 16.6 Å². The van der Waals surface area contributed by atoms with Gasteiger partial charge in [0.1, 0.15) is 0 Å². The lowest BCUT2D eigenvalue weighted by Crippen LogP contribution is -2.00. The Hall–Kier alpha value is -1.61. The molecule has 3 heteroatoms. The van der Waals surface area contributed by atoms with E-state index in [1.54, 1.807) is 7.11 Å². The van der Waals surface area contributed by atoms with Gasteiger partial charge in [-0.05, 0) is 42.5 Å². The van der Waals surface area contributed by atoms with E-state index in [4.69, 9.17) is 4.74 Å². The van der Waals surface area contributed by atoms with Gasteiger partial charge in [0.2, 0.25) is 0 Å². The second-order valence-corrected chi connectivity index (χ2v) is 5.54. The highest BCUT2D eigenvalue weighted by molar-refractivity contribution is 5.80. The molecule has 0 aliphatic carbocycles. The normalized spacial score (nSPS) is 11.1. The fourth-order valence-electron chi connectivity index (χ4n) is 2.56. The van der Waals surface area contributed by atoms with Crippen LogP contribution in [0.4, 0.5) is 0 Å². The monoisotopic (exact) mass is 286 g/mol. The van der Waals surface area contributed by atoms with Gasteiger partial charge in [0.15, 0.2) is 0 Å². The summed E-state index contributed by atoms with van der Waals surface area (Å²) in [5.41, 5.74) is 4.62. The van der Waals surface area contributed by atoms with Gasteiger partial charge in [0.25, 0.3) is 0 Å². The van der Waals surface area contributed by atoms with E-state index in [0.29, 0.717) is 0 Å². The van der Waals surface area contributed by atoms with E-state index in [1.807, 2.05) is 6.20 Å². The van der Waals surface area contributed by atoms with Gasteiger partial charge in [-0.3, -0.25) is 4.98 Å². The molecule has 0 spiro atoms. The van der Waals surface area contributed by atoms with Crippen LogP contribution in [0.1, 0.15) is 44.6 Å². The van der Waals surface area contributed by atoms with Crippen LogP contribution in [0, 0.1) is 0 Å². The lowest BCUT2D eigenvalue weighted by atomic mass is 10.0. The largest absolute Gasteiger partial charge is 0.385 e. The zero-order chi connectivity index (χ0) is 15.1. The number of hydrogen-bond acceptors (Lipinski definition) is 2. The molecule has 0 amide bonds. The van der Waals surface area contributed by atoms with Crippen molar-refractivity contribution < 1.29 is 4.74 Å². The molecule has 114 valence electrons. The summed E-state index contributed by atoms with van der Waals surface area (Å²) in [6, 6.07) is 4.30. The van der Waals surface area contributed by atoms with E-state index in [2.05, 4.69) is 41.4 Å². The Balaban J connectivity index is 2.11. The van der Waals surface area contributed by atoms with Gasteiger partial charge in [-0.25, -0.2) is 0 Å². The van der Waals surface area contributed by atoms with Gasteiger partial charge in [0.05, 0.1) is 11.0 Å². The highest BCUT2D eigenvalue weighted by Gasteiger charge is 2.06. The number of aromatic nitrogens is 2. The molecule has 0 radical (unpaired) electrons. The van der Waals surface area contributed by atoms with Crippen molar-refractivity contribution in [1.82, 2.24) is 9.55 Å². The Labute approximate surface area is 127 Å². The van der Waals surface area contributed by atoms with E-state index in [9.17, 15) is 0 Å². The summed E-state index contributed by atoms with van der Waals surface area (Å²) >= 11 is 0. The average Bonchev–Trinajstić information content (AvgIpc) is 2.90. The minimum absolute atomic E-state index is 0.788. The number of allylic oxidation sites excluding steroid dienone is 1. The fraction of sp³-hybridized carbons (Fsp3) is 0.500. The van der Waals surface area contributed by atoms with Crippen molar-refractivity contribution in [3.8, 4) is 0 Å². The van der Waals surface area contributed by atoms with Crippen molar-refractivity contribution >= 4 is 16.6 Å². The van der Waals surface area contributed by atoms with E-state index < -0.39 is 0 Å². The summed E-state index contributed by atoms with van der Waals surface area (Å²) in [4.78, 5) is 4.57. The maximum atomic E-state index is 5.13. The van der Waals surface area contributed by atoms with Crippen molar-refractivity contribution in [3.63, 3.8) is 0 Å². The van der Waals surface area contributed by atoms with E-state index in [0.717, 1.165) is 31.5 Å². The molecule has 0 fully saturated rings. The van der Waals surface area contributed by atoms with Gasteiger partial charge in [0, 0.05) is 32.7 Å². The molecule has 2 aromatic rings. The third-order valence-electron chi connectivity index (χ3n) is 3.86. The third kappa shape index (κ3) is 4.18. The molecule has 0 saturated heterocycles. The number of aryl methyl sites for hydroxylation is 1. The average molecular weight is 286 g/mol. The maximum absolute atomic E-state index is 5.13. The quantitative estimate of drug-likeness (QED) is 0.626. The summed E-state index contributed by atoms with van der Waals surface area (Å²) in [6.45, 7) is 8.20. The predicted molar refractivity (Wildman–Crippen MR) is 89.4 cm³/mol. The summed E-state index contributed by atoms with van der Waals surface area (Å²) in [6.07, 6.45) is 9.86. The molecule has 0 aliphatic rings. The number of rotatable bonds is 9. The van der Waals surface area contributed by atoms with Crippen LogP contribution in [0.15, 0.2) is 31.1 Å². The van der Waals surface area contributed by atoms with E-state index in [-0.39, 0.29) is 0 Å². The van der Waals surface area contributed by atoms with Gasteiger partial charge in [-0.1, -0.05) is 26.3 Å². The number of unbranched alkanes of at least 4 members (excludes halogenated alkanes) is 2. The van der Waals surface area contributed by atoms with Crippen molar-refractivity contribution in [2.45, 2.75) is 45.6 Å². The Kier molecular flexibility index (Phi) is 6.00. The number of hydrogen-bond donors (Lipinski definition) is 0. The topological polar surface area (TPSA) is 27.1 Å². The van der Waals surface area contributed by atoms with Crippen LogP contribution in [-0.4, -0.2) is 23.3 Å². The van der Waals surface area contributed by atoms with Crippen molar-refractivity contribution in [1.29, 1.82) is 0 Å². The van der Waals surface area contributed by atoms with E-state index in [1.165, 1.54) is 35.9 Å². The maximum Gasteiger partial charge on any atom is 0.0881 e. The Morgan fingerprint density at radius 1 is 1.33 bits per heavy atom. The molecule has 2 aromatic heterocycles. The molecular formula is C18H26N2O. The van der Waals surface area contributed by atoms with Crippen LogP contribution in [0.2, 0.25) is 0 Å². The summed E-state index contributed by atoms with van der Waals surface area (Å²) < 4.78 is 7.38. The summed E-state index contributed by atoms with van der Waals surface area (Å²) in [5, 5.41) is 0. The van der Waals surface area contributed by atoms with Gasteiger partial charge in [-0.15, -0.1) is 0 Å². The zero-order valence-corrected chi connectivity index (χ0v) is 13.3. The molecule has 21 heavy (non-hydrogen) atoms. The standard InChI is InChI=1S/C18H26N2O/c1-4-5-6-8-15(2)16-13-18-17(19-14-16)9-11-20(18)10-7-12-21-3/h9,11,13-14H,2,4-8,10,12H2,1,3H3. The first kappa shape index (κ1) is 15.8. The molecule has 0 bridgehead atoms. The second kappa shape index (κ2) is 7.99. The minimum atomic E-state index is 0.788. The van der Waals surface area contributed by atoms with Gasteiger partial charge < -0.3 is 9.30 Å². The number of ether oxygens (including phenoxy) is 1. The van der Waals surface area contributed by atoms with Crippen molar-refractivity contribution in [2.24, 2.45) is 0 Å². The summed E-state index contributed by atoms with van der Waals surface area (Å²) in [5.74, 6) is 0. The SMILES string of the molecule is C=C(CCCCC)c1cnc2ccn(CCCOC)c2c1. The van der Waals surface area contributed by atoms with Gasteiger partial charge >= 0.3 is 0 Å². The first-order valence-corrected chi connectivity index (χ1v) is 7.88. The Morgan fingerprint density at radius 3 is 2.95 bits per heavy atom. The summed E-state index contributed by atoms with van der Waals surface area (Å²) in [7, 11) is 1.74. The zero-order valence-electron chi connectivity index (χ0n) is 13.3. The molecule has 2 heterocycles. The van der Waals surface area contributed by atoms with Crippen LogP contribution < -0.4 is 0 Å². The van der Waals surface area contributed by atoms with Crippen LogP contribution in [0.5, 0.6) is 0 Å². The Bertz CT molecular complexity index is 586. The minimum Gasteiger partial charge on any atom is -0.385 e. The lowest BCUT2D eigenvalue weighted by molar-refractivity contribution is 0.190. The predicted octanol–water partition coefficient (Wildman–Crippen LogP) is 4.67. The molecule has 0 aromatic carbocycles. The van der Waals surface area contributed by atoms with Crippen molar-refractivity contribution in [2.75, 3.05) is 13.7 Å².